The summed E-state index contributed by atoms with van der Waals surface area (Å²) in [6.07, 6.45) is 2.49. The summed E-state index contributed by atoms with van der Waals surface area (Å²) >= 11 is 0. The van der Waals surface area contributed by atoms with Crippen molar-refractivity contribution in [3.8, 4) is 0 Å². The molecular weight excluding hydrogens is 365 g/mol. The van der Waals surface area contributed by atoms with Gasteiger partial charge in [0.25, 0.3) is 0 Å². The molecule has 0 radical (unpaired) electrons. The third-order valence-corrected chi connectivity index (χ3v) is 3.98. The number of piperazine rings is 1. The van der Waals surface area contributed by atoms with Crippen LogP contribution in [0.3, 0.4) is 0 Å². The van der Waals surface area contributed by atoms with E-state index in [2.05, 4.69) is 34.0 Å². The Hall–Kier alpha value is -0.0800. The summed E-state index contributed by atoms with van der Waals surface area (Å²) in [5.41, 5.74) is 5.85. The van der Waals surface area contributed by atoms with Gasteiger partial charge in [0.15, 0.2) is 5.96 Å². The third kappa shape index (κ3) is 6.58. The van der Waals surface area contributed by atoms with Crippen LogP contribution in [0.15, 0.2) is 4.99 Å². The van der Waals surface area contributed by atoms with Crippen molar-refractivity contribution in [2.45, 2.75) is 32.7 Å². The molecule has 2 rings (SSSR count). The lowest BCUT2D eigenvalue weighted by Crippen LogP contribution is -2.47. The fourth-order valence-electron chi connectivity index (χ4n) is 2.52. The van der Waals surface area contributed by atoms with Gasteiger partial charge in [-0.1, -0.05) is 13.8 Å². The minimum atomic E-state index is 0. The summed E-state index contributed by atoms with van der Waals surface area (Å²) < 4.78 is 0. The predicted octanol–water partition coefficient (Wildman–Crippen LogP) is 0.945. The fraction of sp³-hybridized carbons (Fsp3) is 0.929. The zero-order chi connectivity index (χ0) is 13.7. The molecule has 0 aromatic heterocycles. The first kappa shape index (κ1) is 18.0. The highest BCUT2D eigenvalue weighted by Gasteiger charge is 2.21. The van der Waals surface area contributed by atoms with Gasteiger partial charge in [-0.2, -0.15) is 0 Å². The number of aliphatic imine (C=N–C) groups is 1. The number of nitrogens with one attached hydrogen (secondary N) is 1. The van der Waals surface area contributed by atoms with Gasteiger partial charge in [-0.05, 0) is 25.3 Å². The molecule has 1 unspecified atom stereocenters. The van der Waals surface area contributed by atoms with Crippen LogP contribution in [0.25, 0.3) is 0 Å². The number of guanidine groups is 1. The summed E-state index contributed by atoms with van der Waals surface area (Å²) in [6.45, 7) is 12.4. The van der Waals surface area contributed by atoms with Crippen LogP contribution in [0.5, 0.6) is 0 Å². The second-order valence-corrected chi connectivity index (χ2v) is 5.98. The van der Waals surface area contributed by atoms with Crippen LogP contribution < -0.4 is 11.1 Å². The molecule has 2 fully saturated rings. The third-order valence-electron chi connectivity index (χ3n) is 3.98. The summed E-state index contributed by atoms with van der Waals surface area (Å²) in [4.78, 5) is 9.51. The Morgan fingerprint density at radius 1 is 1.25 bits per heavy atom. The number of nitrogens with zero attached hydrogens (tertiary/aromatic N) is 3. The van der Waals surface area contributed by atoms with Crippen LogP contribution in [0.4, 0.5) is 0 Å². The average Bonchev–Trinajstić information content (AvgIpc) is 3.21. The number of nitrogens with two attached hydrogens (primary N) is 1. The van der Waals surface area contributed by atoms with E-state index in [4.69, 9.17) is 5.73 Å². The average molecular weight is 395 g/mol. The lowest BCUT2D eigenvalue weighted by Gasteiger charge is -2.35. The Kier molecular flexibility index (Phi) is 8.13. The van der Waals surface area contributed by atoms with Crippen molar-refractivity contribution in [2.75, 3.05) is 45.8 Å². The van der Waals surface area contributed by atoms with E-state index in [0.29, 0.717) is 17.9 Å². The Morgan fingerprint density at radius 2 is 1.85 bits per heavy atom. The minimum Gasteiger partial charge on any atom is -0.370 e. The first-order valence-corrected chi connectivity index (χ1v) is 7.68. The largest absolute Gasteiger partial charge is 0.370 e. The van der Waals surface area contributed by atoms with E-state index in [0.717, 1.165) is 13.1 Å². The van der Waals surface area contributed by atoms with Gasteiger partial charge in [0.1, 0.15) is 0 Å². The van der Waals surface area contributed by atoms with E-state index in [-0.39, 0.29) is 24.0 Å². The van der Waals surface area contributed by atoms with Crippen LogP contribution >= 0.6 is 24.0 Å². The molecule has 1 saturated heterocycles. The molecule has 118 valence electrons. The lowest BCUT2D eigenvalue weighted by atomic mass is 10.1. The summed E-state index contributed by atoms with van der Waals surface area (Å²) in [5.74, 6) is 1.21. The maximum absolute atomic E-state index is 5.85. The highest BCUT2D eigenvalue weighted by Crippen LogP contribution is 2.18. The number of likely N-dealkylation sites (N-methyl/N-ethyl adjacent to an activating group) is 1. The highest BCUT2D eigenvalue weighted by molar-refractivity contribution is 14.0. The monoisotopic (exact) mass is 395 g/mol. The van der Waals surface area contributed by atoms with Crippen molar-refractivity contribution >= 4 is 29.9 Å². The molecule has 0 bridgehead atoms. The van der Waals surface area contributed by atoms with Crippen LogP contribution in [0, 0.1) is 5.92 Å². The zero-order valence-electron chi connectivity index (χ0n) is 12.8. The van der Waals surface area contributed by atoms with Gasteiger partial charge in [-0.25, -0.2) is 0 Å². The molecule has 1 aliphatic heterocycles. The maximum Gasteiger partial charge on any atom is 0.188 e. The van der Waals surface area contributed by atoms with Gasteiger partial charge < -0.3 is 20.9 Å². The number of hydrogen-bond donors (Lipinski definition) is 2. The van der Waals surface area contributed by atoms with Crippen molar-refractivity contribution in [3.05, 3.63) is 0 Å². The molecule has 1 saturated carbocycles. The molecule has 5 nitrogen and oxygen atoms in total. The maximum atomic E-state index is 5.85. The van der Waals surface area contributed by atoms with Gasteiger partial charge in [0, 0.05) is 45.3 Å². The SMILES string of the molecule is CCN1CCN(CC(C)CN=C(N)NC2CC2)CC1.I. The quantitative estimate of drug-likeness (QED) is 0.400. The fourth-order valence-corrected chi connectivity index (χ4v) is 2.52. The second-order valence-electron chi connectivity index (χ2n) is 5.98. The van der Waals surface area contributed by atoms with Crippen molar-refractivity contribution in [1.29, 1.82) is 0 Å². The van der Waals surface area contributed by atoms with Crippen molar-refractivity contribution in [2.24, 2.45) is 16.6 Å². The Morgan fingerprint density at radius 3 is 2.40 bits per heavy atom. The van der Waals surface area contributed by atoms with Crippen LogP contribution in [0.2, 0.25) is 0 Å². The normalized spacial score (nSPS) is 23.2. The lowest BCUT2D eigenvalue weighted by molar-refractivity contribution is 0.125. The van der Waals surface area contributed by atoms with Crippen molar-refractivity contribution in [1.82, 2.24) is 15.1 Å². The van der Waals surface area contributed by atoms with E-state index >= 15 is 0 Å². The van der Waals surface area contributed by atoms with Crippen LogP contribution in [-0.2, 0) is 0 Å². The van der Waals surface area contributed by atoms with E-state index in [1.807, 2.05) is 0 Å². The van der Waals surface area contributed by atoms with E-state index in [1.54, 1.807) is 0 Å². The van der Waals surface area contributed by atoms with Crippen LogP contribution in [-0.4, -0.2) is 67.6 Å². The summed E-state index contributed by atoms with van der Waals surface area (Å²) in [6, 6.07) is 0.598. The Bertz CT molecular complexity index is 298. The molecule has 0 amide bonds. The van der Waals surface area contributed by atoms with Gasteiger partial charge in [-0.3, -0.25) is 4.99 Å². The topological polar surface area (TPSA) is 56.9 Å². The summed E-state index contributed by atoms with van der Waals surface area (Å²) in [7, 11) is 0. The van der Waals surface area contributed by atoms with Gasteiger partial charge in [0.05, 0.1) is 0 Å². The number of halogens is 1. The zero-order valence-corrected chi connectivity index (χ0v) is 15.2. The second kappa shape index (κ2) is 9.04. The smallest absolute Gasteiger partial charge is 0.188 e. The number of hydrogen-bond acceptors (Lipinski definition) is 3. The van der Waals surface area contributed by atoms with Gasteiger partial charge in [-0.15, -0.1) is 24.0 Å². The van der Waals surface area contributed by atoms with Crippen molar-refractivity contribution < 1.29 is 0 Å². The molecule has 1 aliphatic carbocycles. The molecule has 1 heterocycles. The first-order valence-electron chi connectivity index (χ1n) is 7.68. The van der Waals surface area contributed by atoms with E-state index < -0.39 is 0 Å². The molecule has 0 spiro atoms. The molecule has 1 atom stereocenters. The molecule has 20 heavy (non-hydrogen) atoms. The first-order chi connectivity index (χ1) is 9.17. The van der Waals surface area contributed by atoms with Crippen LogP contribution in [0.1, 0.15) is 26.7 Å². The molecule has 3 N–H and O–H groups in total. The predicted molar refractivity (Wildman–Crippen MR) is 95.8 cm³/mol. The molecule has 0 aromatic carbocycles. The van der Waals surface area contributed by atoms with E-state index in [9.17, 15) is 0 Å². The number of rotatable bonds is 6. The van der Waals surface area contributed by atoms with E-state index in [1.165, 1.54) is 45.6 Å². The van der Waals surface area contributed by atoms with Gasteiger partial charge >= 0.3 is 0 Å². The Labute approximate surface area is 140 Å². The standard InChI is InChI=1S/C14H29N5.HI/c1-3-18-6-8-19(9-7-18)11-12(2)10-16-14(15)17-13-4-5-13;/h12-13H,3-11H2,1-2H3,(H3,15,16,17);1H. The molecule has 2 aliphatic rings. The minimum absolute atomic E-state index is 0. The summed E-state index contributed by atoms with van der Waals surface area (Å²) in [5, 5.41) is 3.23. The highest BCUT2D eigenvalue weighted by atomic mass is 127. The molecule has 0 aromatic rings. The Balaban J connectivity index is 0.00000200. The van der Waals surface area contributed by atoms with Crippen molar-refractivity contribution in [3.63, 3.8) is 0 Å². The molecule has 6 heteroatoms. The van der Waals surface area contributed by atoms with Gasteiger partial charge in [0.2, 0.25) is 0 Å². The molecular formula is C14H30IN5.